The monoisotopic (exact) mass is 177 g/mol. The van der Waals surface area contributed by atoms with Crippen LogP contribution in [0.4, 0.5) is 0 Å². The molecule has 0 amide bonds. The summed E-state index contributed by atoms with van der Waals surface area (Å²) in [5.41, 5.74) is 0. The van der Waals surface area contributed by atoms with E-state index in [4.69, 9.17) is 4.52 Å². The summed E-state index contributed by atoms with van der Waals surface area (Å²) in [6.07, 6.45) is 2.37. The molecule has 1 heterocycles. The van der Waals surface area contributed by atoms with Crippen molar-refractivity contribution in [1.82, 2.24) is 5.32 Å². The second-order valence-electron chi connectivity index (χ2n) is 3.34. The van der Waals surface area contributed by atoms with E-state index < -0.39 is 7.37 Å². The molecule has 3 nitrogen and oxygen atoms in total. The number of hydrogen-bond donors (Lipinski definition) is 1. The fourth-order valence-electron chi connectivity index (χ4n) is 1.17. The van der Waals surface area contributed by atoms with E-state index in [1.165, 1.54) is 6.42 Å². The molecule has 1 atom stereocenters. The number of rotatable bonds is 3. The van der Waals surface area contributed by atoms with Gasteiger partial charge < -0.3 is 9.84 Å². The molecule has 0 unspecified atom stereocenters. The van der Waals surface area contributed by atoms with Crippen LogP contribution in [-0.2, 0) is 9.09 Å². The van der Waals surface area contributed by atoms with Crippen molar-refractivity contribution in [2.45, 2.75) is 18.9 Å². The first-order valence-electron chi connectivity index (χ1n) is 4.01. The van der Waals surface area contributed by atoms with Gasteiger partial charge in [-0.05, 0) is 19.4 Å². The SMILES string of the molecule is CP(C)(=O)OC[C@@H]1CCCN1. The van der Waals surface area contributed by atoms with E-state index in [0.717, 1.165) is 13.0 Å². The lowest BCUT2D eigenvalue weighted by Crippen LogP contribution is -2.26. The summed E-state index contributed by atoms with van der Waals surface area (Å²) in [5, 5.41) is 3.28. The summed E-state index contributed by atoms with van der Waals surface area (Å²) in [4.78, 5) is 0. The zero-order valence-corrected chi connectivity index (χ0v) is 8.06. The van der Waals surface area contributed by atoms with Gasteiger partial charge in [0.1, 0.15) is 0 Å². The molecule has 1 aliphatic heterocycles. The number of nitrogens with one attached hydrogen (secondary N) is 1. The Labute approximate surface area is 68.0 Å². The third-order valence-corrected chi connectivity index (χ3v) is 2.52. The lowest BCUT2D eigenvalue weighted by molar-refractivity contribution is 0.282. The van der Waals surface area contributed by atoms with Gasteiger partial charge in [-0.2, -0.15) is 0 Å². The van der Waals surface area contributed by atoms with Crippen molar-refractivity contribution >= 4 is 7.37 Å². The summed E-state index contributed by atoms with van der Waals surface area (Å²) in [6, 6.07) is 0.434. The Morgan fingerprint density at radius 1 is 1.64 bits per heavy atom. The van der Waals surface area contributed by atoms with Gasteiger partial charge in [0.2, 0.25) is 0 Å². The first kappa shape index (κ1) is 9.24. The molecule has 1 saturated heterocycles. The summed E-state index contributed by atoms with van der Waals surface area (Å²) in [5.74, 6) is 0. The first-order valence-corrected chi connectivity index (χ1v) is 6.53. The fraction of sp³-hybridized carbons (Fsp3) is 1.00. The maximum Gasteiger partial charge on any atom is 0.197 e. The predicted octanol–water partition coefficient (Wildman–Crippen LogP) is 1.29. The minimum absolute atomic E-state index is 0.434. The van der Waals surface area contributed by atoms with E-state index in [-0.39, 0.29) is 0 Å². The van der Waals surface area contributed by atoms with E-state index >= 15 is 0 Å². The largest absolute Gasteiger partial charge is 0.327 e. The normalized spacial score (nSPS) is 25.8. The van der Waals surface area contributed by atoms with Crippen molar-refractivity contribution in [1.29, 1.82) is 0 Å². The molecular formula is C7H16NO2P. The Morgan fingerprint density at radius 3 is 2.82 bits per heavy atom. The molecule has 1 fully saturated rings. The molecule has 0 aromatic rings. The highest BCUT2D eigenvalue weighted by atomic mass is 31.2. The van der Waals surface area contributed by atoms with Gasteiger partial charge in [0, 0.05) is 19.4 Å². The van der Waals surface area contributed by atoms with Crippen molar-refractivity contribution < 1.29 is 9.09 Å². The van der Waals surface area contributed by atoms with E-state index in [1.807, 2.05) is 0 Å². The molecule has 0 saturated carbocycles. The third kappa shape index (κ3) is 3.90. The van der Waals surface area contributed by atoms with Gasteiger partial charge in [0.15, 0.2) is 7.37 Å². The number of hydrogen-bond acceptors (Lipinski definition) is 3. The third-order valence-electron chi connectivity index (χ3n) is 1.75. The lowest BCUT2D eigenvalue weighted by Gasteiger charge is -2.13. The van der Waals surface area contributed by atoms with Crippen molar-refractivity contribution in [2.75, 3.05) is 26.5 Å². The highest BCUT2D eigenvalue weighted by Crippen LogP contribution is 2.37. The maximum absolute atomic E-state index is 11.1. The standard InChI is InChI=1S/C7H16NO2P/c1-11(2,9)10-6-7-4-3-5-8-7/h7-8H,3-6H2,1-2H3/t7-/m0/s1. The molecule has 1 N–H and O–H groups in total. The van der Waals surface area contributed by atoms with Crippen molar-refractivity contribution in [3.63, 3.8) is 0 Å². The Morgan fingerprint density at radius 2 is 2.36 bits per heavy atom. The molecule has 0 radical (unpaired) electrons. The van der Waals surface area contributed by atoms with Gasteiger partial charge in [0.25, 0.3) is 0 Å². The van der Waals surface area contributed by atoms with Gasteiger partial charge >= 0.3 is 0 Å². The first-order chi connectivity index (χ1) is 5.08. The molecule has 11 heavy (non-hydrogen) atoms. The van der Waals surface area contributed by atoms with Crippen LogP contribution in [0.3, 0.4) is 0 Å². The maximum atomic E-state index is 11.1. The van der Waals surface area contributed by atoms with Gasteiger partial charge in [-0.1, -0.05) is 0 Å². The quantitative estimate of drug-likeness (QED) is 0.660. The zero-order valence-electron chi connectivity index (χ0n) is 7.17. The minimum Gasteiger partial charge on any atom is -0.327 e. The van der Waals surface area contributed by atoms with Crippen molar-refractivity contribution in [3.8, 4) is 0 Å². The molecule has 1 aliphatic rings. The Bertz CT molecular complexity index is 160. The topological polar surface area (TPSA) is 38.3 Å². The minimum atomic E-state index is -2.26. The molecule has 1 rings (SSSR count). The van der Waals surface area contributed by atoms with E-state index in [2.05, 4.69) is 5.32 Å². The zero-order chi connectivity index (χ0) is 8.32. The highest BCUT2D eigenvalue weighted by molar-refractivity contribution is 7.57. The smallest absolute Gasteiger partial charge is 0.197 e. The average Bonchev–Trinajstić information content (AvgIpc) is 2.32. The Hall–Kier alpha value is 0.150. The van der Waals surface area contributed by atoms with Crippen LogP contribution < -0.4 is 5.32 Å². The summed E-state index contributed by atoms with van der Waals surface area (Å²) < 4.78 is 16.3. The molecule has 66 valence electrons. The van der Waals surface area contributed by atoms with E-state index in [9.17, 15) is 4.57 Å². The van der Waals surface area contributed by atoms with Crippen LogP contribution in [0.5, 0.6) is 0 Å². The summed E-state index contributed by atoms with van der Waals surface area (Å²) in [6.45, 7) is 4.99. The van der Waals surface area contributed by atoms with Gasteiger partial charge in [0.05, 0.1) is 6.61 Å². The van der Waals surface area contributed by atoms with Crippen LogP contribution in [0.1, 0.15) is 12.8 Å². The van der Waals surface area contributed by atoms with Crippen LogP contribution in [0.15, 0.2) is 0 Å². The molecule has 4 heteroatoms. The second kappa shape index (κ2) is 3.70. The lowest BCUT2D eigenvalue weighted by atomic mass is 10.2. The van der Waals surface area contributed by atoms with Crippen molar-refractivity contribution in [3.05, 3.63) is 0 Å². The second-order valence-corrected chi connectivity index (χ2v) is 6.10. The molecule has 0 bridgehead atoms. The van der Waals surface area contributed by atoms with Crippen LogP contribution in [0.2, 0.25) is 0 Å². The van der Waals surface area contributed by atoms with E-state index in [1.54, 1.807) is 13.3 Å². The van der Waals surface area contributed by atoms with E-state index in [0.29, 0.717) is 12.6 Å². The van der Waals surface area contributed by atoms with Gasteiger partial charge in [-0.15, -0.1) is 0 Å². The van der Waals surface area contributed by atoms with Crippen LogP contribution >= 0.6 is 7.37 Å². The highest BCUT2D eigenvalue weighted by Gasteiger charge is 2.16. The average molecular weight is 177 g/mol. The van der Waals surface area contributed by atoms with Gasteiger partial charge in [-0.25, -0.2) is 0 Å². The Balaban J connectivity index is 2.16. The fourth-order valence-corrected chi connectivity index (χ4v) is 1.71. The van der Waals surface area contributed by atoms with Crippen molar-refractivity contribution in [2.24, 2.45) is 0 Å². The molecule has 0 spiro atoms. The molecular weight excluding hydrogens is 161 g/mol. The van der Waals surface area contributed by atoms with Gasteiger partial charge in [-0.3, -0.25) is 4.57 Å². The van der Waals surface area contributed by atoms with Crippen LogP contribution in [0, 0.1) is 0 Å². The summed E-state index contributed by atoms with van der Waals surface area (Å²) in [7, 11) is -2.26. The molecule has 0 aliphatic carbocycles. The Kier molecular flexibility index (Phi) is 3.11. The molecule has 0 aromatic carbocycles. The van der Waals surface area contributed by atoms with Crippen LogP contribution in [0.25, 0.3) is 0 Å². The molecule has 0 aromatic heterocycles. The predicted molar refractivity (Wildman–Crippen MR) is 46.4 cm³/mol. The van der Waals surface area contributed by atoms with Crippen LogP contribution in [-0.4, -0.2) is 32.5 Å². The summed E-state index contributed by atoms with van der Waals surface area (Å²) >= 11 is 0.